The molecule has 0 bridgehead atoms. The Hall–Kier alpha value is -0.240. The van der Waals surface area contributed by atoms with Crippen molar-refractivity contribution in [2.24, 2.45) is 5.92 Å². The summed E-state index contributed by atoms with van der Waals surface area (Å²) < 4.78 is 0. The second-order valence-electron chi connectivity index (χ2n) is 3.29. The van der Waals surface area contributed by atoms with Gasteiger partial charge in [0, 0.05) is 13.1 Å². The topological polar surface area (TPSA) is 20.3 Å². The molecule has 0 spiro atoms. The van der Waals surface area contributed by atoms with Crippen molar-refractivity contribution in [3.63, 3.8) is 0 Å². The van der Waals surface area contributed by atoms with Crippen molar-refractivity contribution in [1.29, 1.82) is 0 Å². The van der Waals surface area contributed by atoms with E-state index in [0.29, 0.717) is 5.92 Å². The lowest BCUT2D eigenvalue weighted by atomic mass is 10.2. The minimum atomic E-state index is -0.361. The number of hydrogen-bond donors (Lipinski definition) is 0. The summed E-state index contributed by atoms with van der Waals surface area (Å²) in [6.45, 7) is 5.66. The molecule has 0 saturated carbocycles. The summed E-state index contributed by atoms with van der Waals surface area (Å²) in [7, 11) is 0. The molecule has 0 radical (unpaired) electrons. The molecule has 1 aliphatic heterocycles. The Morgan fingerprint density at radius 3 is 2.73 bits per heavy atom. The Morgan fingerprint density at radius 1 is 1.73 bits per heavy atom. The number of halogens is 1. The standard InChI is InChI=1S/C8H14ClNO/c1-6-3-4-10(5-6)8(11)7(2)9/h6-7H,3-5H2,1-2H3. The zero-order chi connectivity index (χ0) is 8.43. The van der Waals surface area contributed by atoms with Crippen LogP contribution >= 0.6 is 11.6 Å². The van der Waals surface area contributed by atoms with Crippen LogP contribution in [0.25, 0.3) is 0 Å². The number of carbonyl (C=O) groups is 1. The SMILES string of the molecule is CC1CCN(C(=O)C(C)Cl)C1. The van der Waals surface area contributed by atoms with Crippen LogP contribution in [0, 0.1) is 5.92 Å². The molecule has 64 valence electrons. The van der Waals surface area contributed by atoms with Crippen molar-refractivity contribution in [2.45, 2.75) is 25.6 Å². The summed E-state index contributed by atoms with van der Waals surface area (Å²) in [6, 6.07) is 0. The van der Waals surface area contributed by atoms with Crippen molar-refractivity contribution in [3.05, 3.63) is 0 Å². The number of amides is 1. The van der Waals surface area contributed by atoms with E-state index in [1.165, 1.54) is 0 Å². The second kappa shape index (κ2) is 3.44. The van der Waals surface area contributed by atoms with Gasteiger partial charge in [-0.1, -0.05) is 6.92 Å². The van der Waals surface area contributed by atoms with Gasteiger partial charge in [-0.3, -0.25) is 4.79 Å². The molecule has 11 heavy (non-hydrogen) atoms. The number of carbonyl (C=O) groups excluding carboxylic acids is 1. The highest BCUT2D eigenvalue weighted by molar-refractivity contribution is 6.30. The Labute approximate surface area is 72.5 Å². The lowest BCUT2D eigenvalue weighted by Crippen LogP contribution is -2.33. The molecule has 1 fully saturated rings. The minimum absolute atomic E-state index is 0.0796. The molecular formula is C8H14ClNO. The molecular weight excluding hydrogens is 162 g/mol. The predicted molar refractivity (Wildman–Crippen MR) is 45.7 cm³/mol. The van der Waals surface area contributed by atoms with Gasteiger partial charge in [-0.2, -0.15) is 0 Å². The van der Waals surface area contributed by atoms with E-state index in [9.17, 15) is 4.79 Å². The number of nitrogens with zero attached hydrogens (tertiary/aromatic N) is 1. The number of likely N-dealkylation sites (tertiary alicyclic amines) is 1. The van der Waals surface area contributed by atoms with E-state index in [4.69, 9.17) is 11.6 Å². The van der Waals surface area contributed by atoms with E-state index < -0.39 is 0 Å². The monoisotopic (exact) mass is 175 g/mol. The van der Waals surface area contributed by atoms with Crippen molar-refractivity contribution in [3.8, 4) is 0 Å². The molecule has 0 aromatic rings. The Kier molecular flexibility index (Phi) is 2.77. The molecule has 0 aliphatic carbocycles. The number of rotatable bonds is 1. The lowest BCUT2D eigenvalue weighted by Gasteiger charge is -2.16. The van der Waals surface area contributed by atoms with Crippen LogP contribution in [0.5, 0.6) is 0 Å². The summed E-state index contributed by atoms with van der Waals surface area (Å²) in [4.78, 5) is 13.1. The van der Waals surface area contributed by atoms with E-state index in [2.05, 4.69) is 6.92 Å². The van der Waals surface area contributed by atoms with Crippen LogP contribution in [-0.4, -0.2) is 29.3 Å². The third kappa shape index (κ3) is 2.09. The van der Waals surface area contributed by atoms with Crippen LogP contribution in [0.15, 0.2) is 0 Å². The first-order valence-electron chi connectivity index (χ1n) is 4.04. The zero-order valence-corrected chi connectivity index (χ0v) is 7.77. The fourth-order valence-electron chi connectivity index (χ4n) is 1.39. The van der Waals surface area contributed by atoms with E-state index in [1.807, 2.05) is 4.90 Å². The third-order valence-electron chi connectivity index (χ3n) is 2.08. The molecule has 1 amide bonds. The van der Waals surface area contributed by atoms with Gasteiger partial charge in [0.1, 0.15) is 5.38 Å². The average Bonchev–Trinajstić information content (AvgIpc) is 2.34. The van der Waals surface area contributed by atoms with Gasteiger partial charge in [-0.25, -0.2) is 0 Å². The van der Waals surface area contributed by atoms with Crippen molar-refractivity contribution in [2.75, 3.05) is 13.1 Å². The van der Waals surface area contributed by atoms with E-state index in [0.717, 1.165) is 19.5 Å². The Morgan fingerprint density at radius 2 is 2.36 bits per heavy atom. The maximum absolute atomic E-state index is 11.3. The molecule has 3 heteroatoms. The Bertz CT molecular complexity index is 158. The van der Waals surface area contributed by atoms with Crippen LogP contribution in [0.3, 0.4) is 0 Å². The van der Waals surface area contributed by atoms with Crippen molar-refractivity contribution in [1.82, 2.24) is 4.90 Å². The van der Waals surface area contributed by atoms with Crippen LogP contribution in [0.2, 0.25) is 0 Å². The fourth-order valence-corrected chi connectivity index (χ4v) is 1.52. The van der Waals surface area contributed by atoms with Gasteiger partial charge in [-0.05, 0) is 19.3 Å². The van der Waals surface area contributed by atoms with Crippen LogP contribution in [0.4, 0.5) is 0 Å². The summed E-state index contributed by atoms with van der Waals surface area (Å²) >= 11 is 5.66. The van der Waals surface area contributed by atoms with Crippen molar-refractivity contribution < 1.29 is 4.79 Å². The maximum Gasteiger partial charge on any atom is 0.240 e. The van der Waals surface area contributed by atoms with Gasteiger partial charge in [0.2, 0.25) is 5.91 Å². The van der Waals surface area contributed by atoms with E-state index in [1.54, 1.807) is 6.92 Å². The quantitative estimate of drug-likeness (QED) is 0.553. The van der Waals surface area contributed by atoms with Gasteiger partial charge in [0.25, 0.3) is 0 Å². The lowest BCUT2D eigenvalue weighted by molar-refractivity contribution is -0.129. The summed E-state index contributed by atoms with van der Waals surface area (Å²) in [6.07, 6.45) is 1.12. The second-order valence-corrected chi connectivity index (χ2v) is 3.95. The molecule has 1 saturated heterocycles. The van der Waals surface area contributed by atoms with Crippen LogP contribution < -0.4 is 0 Å². The van der Waals surface area contributed by atoms with Gasteiger partial charge in [0.15, 0.2) is 0 Å². The zero-order valence-electron chi connectivity index (χ0n) is 7.01. The molecule has 2 nitrogen and oxygen atoms in total. The first-order valence-corrected chi connectivity index (χ1v) is 4.47. The first kappa shape index (κ1) is 8.85. The normalized spacial score (nSPS) is 27.2. The summed E-state index contributed by atoms with van der Waals surface area (Å²) in [5, 5.41) is -0.361. The smallest absolute Gasteiger partial charge is 0.240 e. The number of alkyl halides is 1. The van der Waals surface area contributed by atoms with Crippen molar-refractivity contribution >= 4 is 17.5 Å². The fraction of sp³-hybridized carbons (Fsp3) is 0.875. The third-order valence-corrected chi connectivity index (χ3v) is 2.26. The predicted octanol–water partition coefficient (Wildman–Crippen LogP) is 1.48. The molecule has 2 unspecified atom stereocenters. The van der Waals surface area contributed by atoms with E-state index in [-0.39, 0.29) is 11.3 Å². The van der Waals surface area contributed by atoms with Gasteiger partial charge in [0.05, 0.1) is 0 Å². The summed E-state index contributed by atoms with van der Waals surface area (Å²) in [5.74, 6) is 0.727. The van der Waals surface area contributed by atoms with Crippen LogP contribution in [0.1, 0.15) is 20.3 Å². The van der Waals surface area contributed by atoms with Crippen LogP contribution in [-0.2, 0) is 4.79 Å². The Balaban J connectivity index is 2.43. The minimum Gasteiger partial charge on any atom is -0.341 e. The molecule has 2 atom stereocenters. The van der Waals surface area contributed by atoms with Gasteiger partial charge in [-0.15, -0.1) is 11.6 Å². The first-order chi connectivity index (χ1) is 5.11. The molecule has 0 aromatic carbocycles. The highest BCUT2D eigenvalue weighted by atomic mass is 35.5. The maximum atomic E-state index is 11.3. The van der Waals surface area contributed by atoms with Gasteiger partial charge < -0.3 is 4.90 Å². The summed E-state index contributed by atoms with van der Waals surface area (Å²) in [5.41, 5.74) is 0. The molecule has 0 aromatic heterocycles. The average molecular weight is 176 g/mol. The highest BCUT2D eigenvalue weighted by Crippen LogP contribution is 2.16. The highest BCUT2D eigenvalue weighted by Gasteiger charge is 2.25. The molecule has 0 N–H and O–H groups in total. The molecule has 1 aliphatic rings. The molecule has 1 rings (SSSR count). The van der Waals surface area contributed by atoms with Gasteiger partial charge >= 0.3 is 0 Å². The number of hydrogen-bond acceptors (Lipinski definition) is 1. The molecule has 1 heterocycles. The van der Waals surface area contributed by atoms with E-state index >= 15 is 0 Å². The largest absolute Gasteiger partial charge is 0.341 e.